The monoisotopic (exact) mass is 304 g/mol. The zero-order valence-electron chi connectivity index (χ0n) is 13.0. The summed E-state index contributed by atoms with van der Waals surface area (Å²) in [5.74, 6) is 0.641. The molecule has 0 spiro atoms. The average Bonchev–Trinajstić information content (AvgIpc) is 2.47. The molecule has 0 aliphatic heterocycles. The molecule has 118 valence electrons. The van der Waals surface area contributed by atoms with E-state index in [0.29, 0.717) is 17.9 Å². The van der Waals surface area contributed by atoms with Crippen LogP contribution in [0.4, 0.5) is 0 Å². The molecule has 0 saturated carbocycles. The highest BCUT2D eigenvalue weighted by Crippen LogP contribution is 2.24. The fraction of sp³-hybridized carbons (Fsp3) is 0.375. The standard InChI is InChI=1S/C16H20N2O4/c1-4-21-10-18-15(19)13(11(2)3)14(17-16(18)20)22-12-8-6-5-7-9-12/h5-9,11H,4,10H2,1-3H3,(H,17,20). The van der Waals surface area contributed by atoms with E-state index in [1.807, 2.05) is 32.0 Å². The van der Waals surface area contributed by atoms with E-state index >= 15 is 0 Å². The van der Waals surface area contributed by atoms with Gasteiger partial charge in [0.25, 0.3) is 5.56 Å². The molecule has 0 saturated heterocycles. The second kappa shape index (κ2) is 7.09. The van der Waals surface area contributed by atoms with Crippen molar-refractivity contribution < 1.29 is 9.47 Å². The SMILES string of the molecule is CCOCn1c(=O)[nH]c(Oc2ccccc2)c(C(C)C)c1=O. The van der Waals surface area contributed by atoms with Crippen molar-refractivity contribution in [3.05, 3.63) is 56.7 Å². The van der Waals surface area contributed by atoms with E-state index in [1.165, 1.54) is 0 Å². The van der Waals surface area contributed by atoms with Crippen molar-refractivity contribution >= 4 is 0 Å². The molecule has 0 aliphatic rings. The number of aromatic amines is 1. The maximum absolute atomic E-state index is 12.5. The zero-order valence-corrected chi connectivity index (χ0v) is 13.0. The molecule has 1 aromatic carbocycles. The van der Waals surface area contributed by atoms with Crippen LogP contribution in [0.5, 0.6) is 11.6 Å². The first-order valence-corrected chi connectivity index (χ1v) is 7.22. The Morgan fingerprint density at radius 2 is 1.86 bits per heavy atom. The van der Waals surface area contributed by atoms with Crippen LogP contribution in [-0.2, 0) is 11.5 Å². The van der Waals surface area contributed by atoms with Crippen LogP contribution < -0.4 is 16.0 Å². The fourth-order valence-electron chi connectivity index (χ4n) is 2.06. The smallest absolute Gasteiger partial charge is 0.333 e. The van der Waals surface area contributed by atoms with Gasteiger partial charge in [0.15, 0.2) is 0 Å². The van der Waals surface area contributed by atoms with E-state index in [1.54, 1.807) is 19.1 Å². The molecular formula is C16H20N2O4. The minimum atomic E-state index is -0.547. The number of nitrogens with zero attached hydrogens (tertiary/aromatic N) is 1. The van der Waals surface area contributed by atoms with E-state index < -0.39 is 11.2 Å². The van der Waals surface area contributed by atoms with Gasteiger partial charge in [0.05, 0.1) is 5.56 Å². The first-order valence-electron chi connectivity index (χ1n) is 7.22. The van der Waals surface area contributed by atoms with Crippen LogP contribution in [0.2, 0.25) is 0 Å². The molecule has 1 N–H and O–H groups in total. The largest absolute Gasteiger partial charge is 0.440 e. The Balaban J connectivity index is 2.50. The number of H-pyrrole nitrogens is 1. The molecule has 22 heavy (non-hydrogen) atoms. The Hall–Kier alpha value is -2.34. The summed E-state index contributed by atoms with van der Waals surface area (Å²) in [6.07, 6.45) is 0. The lowest BCUT2D eigenvalue weighted by Gasteiger charge is -2.15. The fourth-order valence-corrected chi connectivity index (χ4v) is 2.06. The Morgan fingerprint density at radius 3 is 2.45 bits per heavy atom. The van der Waals surface area contributed by atoms with Gasteiger partial charge in [-0.2, -0.15) is 0 Å². The van der Waals surface area contributed by atoms with Crippen LogP contribution in [0.15, 0.2) is 39.9 Å². The van der Waals surface area contributed by atoms with Gasteiger partial charge in [-0.25, -0.2) is 9.36 Å². The summed E-state index contributed by atoms with van der Waals surface area (Å²) in [7, 11) is 0. The number of benzene rings is 1. The van der Waals surface area contributed by atoms with Gasteiger partial charge in [-0.05, 0) is 25.0 Å². The quantitative estimate of drug-likeness (QED) is 0.889. The second-order valence-electron chi connectivity index (χ2n) is 5.10. The summed E-state index contributed by atoms with van der Waals surface area (Å²) in [6.45, 7) is 5.90. The molecule has 6 heteroatoms. The van der Waals surface area contributed by atoms with Crippen molar-refractivity contribution in [1.82, 2.24) is 9.55 Å². The summed E-state index contributed by atoms with van der Waals surface area (Å²) < 4.78 is 11.9. The van der Waals surface area contributed by atoms with Crippen molar-refractivity contribution in [1.29, 1.82) is 0 Å². The highest BCUT2D eigenvalue weighted by atomic mass is 16.5. The van der Waals surface area contributed by atoms with E-state index in [9.17, 15) is 9.59 Å². The van der Waals surface area contributed by atoms with Crippen LogP contribution in [0.3, 0.4) is 0 Å². The van der Waals surface area contributed by atoms with Gasteiger partial charge in [0, 0.05) is 6.61 Å². The Kier molecular flexibility index (Phi) is 5.16. The topological polar surface area (TPSA) is 73.3 Å². The lowest BCUT2D eigenvalue weighted by Crippen LogP contribution is -2.38. The lowest BCUT2D eigenvalue weighted by molar-refractivity contribution is 0.0815. The molecule has 0 fully saturated rings. The number of rotatable bonds is 6. The maximum Gasteiger partial charge on any atom is 0.333 e. The average molecular weight is 304 g/mol. The molecule has 2 aromatic rings. The molecule has 0 bridgehead atoms. The van der Waals surface area contributed by atoms with Gasteiger partial charge in [-0.3, -0.25) is 9.78 Å². The van der Waals surface area contributed by atoms with Crippen molar-refractivity contribution in [2.75, 3.05) is 6.61 Å². The van der Waals surface area contributed by atoms with E-state index in [0.717, 1.165) is 4.57 Å². The molecule has 1 aromatic heterocycles. The number of aromatic nitrogens is 2. The molecule has 2 rings (SSSR count). The third-order valence-corrected chi connectivity index (χ3v) is 3.15. The zero-order chi connectivity index (χ0) is 16.1. The predicted molar refractivity (Wildman–Crippen MR) is 83.6 cm³/mol. The highest BCUT2D eigenvalue weighted by Gasteiger charge is 2.18. The summed E-state index contributed by atoms with van der Waals surface area (Å²) in [4.78, 5) is 27.2. The first-order chi connectivity index (χ1) is 10.5. The summed E-state index contributed by atoms with van der Waals surface area (Å²) in [6, 6.07) is 9.01. The van der Waals surface area contributed by atoms with E-state index in [2.05, 4.69) is 4.98 Å². The van der Waals surface area contributed by atoms with E-state index in [4.69, 9.17) is 9.47 Å². The van der Waals surface area contributed by atoms with Crippen LogP contribution in [0.1, 0.15) is 32.3 Å². The minimum Gasteiger partial charge on any atom is -0.440 e. The maximum atomic E-state index is 12.5. The van der Waals surface area contributed by atoms with Crippen LogP contribution in [0, 0.1) is 0 Å². The van der Waals surface area contributed by atoms with Gasteiger partial charge in [0.1, 0.15) is 12.5 Å². The number of nitrogens with one attached hydrogen (secondary N) is 1. The van der Waals surface area contributed by atoms with Gasteiger partial charge < -0.3 is 9.47 Å². The van der Waals surface area contributed by atoms with Crippen molar-refractivity contribution in [3.63, 3.8) is 0 Å². The number of hydrogen-bond acceptors (Lipinski definition) is 4. The predicted octanol–water partition coefficient (Wildman–Crippen LogP) is 2.45. The van der Waals surface area contributed by atoms with Crippen molar-refractivity contribution in [2.45, 2.75) is 33.4 Å². The van der Waals surface area contributed by atoms with Gasteiger partial charge >= 0.3 is 5.69 Å². The highest BCUT2D eigenvalue weighted by molar-refractivity contribution is 5.32. The molecule has 0 unspecified atom stereocenters. The third kappa shape index (κ3) is 3.46. The summed E-state index contributed by atoms with van der Waals surface area (Å²) >= 11 is 0. The van der Waals surface area contributed by atoms with Crippen LogP contribution in [0.25, 0.3) is 0 Å². The van der Waals surface area contributed by atoms with Crippen molar-refractivity contribution in [2.24, 2.45) is 0 Å². The minimum absolute atomic E-state index is 0.0734. The molecular weight excluding hydrogens is 284 g/mol. The van der Waals surface area contributed by atoms with E-state index in [-0.39, 0.29) is 18.5 Å². The lowest BCUT2D eigenvalue weighted by atomic mass is 10.1. The Bertz CT molecular complexity index is 732. The second-order valence-corrected chi connectivity index (χ2v) is 5.10. The van der Waals surface area contributed by atoms with Gasteiger partial charge in [-0.1, -0.05) is 32.0 Å². The Labute approximate surface area is 128 Å². The molecule has 0 radical (unpaired) electrons. The van der Waals surface area contributed by atoms with Crippen LogP contribution in [-0.4, -0.2) is 16.2 Å². The Morgan fingerprint density at radius 1 is 1.18 bits per heavy atom. The first kappa shape index (κ1) is 16.0. The molecule has 0 aliphatic carbocycles. The third-order valence-electron chi connectivity index (χ3n) is 3.15. The molecule has 6 nitrogen and oxygen atoms in total. The summed E-state index contributed by atoms with van der Waals surface area (Å²) in [5, 5.41) is 0. The van der Waals surface area contributed by atoms with Gasteiger partial charge in [-0.15, -0.1) is 0 Å². The number of hydrogen-bond donors (Lipinski definition) is 1. The summed E-state index contributed by atoms with van der Waals surface area (Å²) in [5.41, 5.74) is -0.518. The van der Waals surface area contributed by atoms with Crippen molar-refractivity contribution in [3.8, 4) is 11.6 Å². The molecule has 0 amide bonds. The number of para-hydroxylation sites is 1. The molecule has 0 atom stereocenters. The van der Waals surface area contributed by atoms with Gasteiger partial charge in [0.2, 0.25) is 5.88 Å². The normalized spacial score (nSPS) is 10.9. The molecule has 1 heterocycles. The number of ether oxygens (including phenoxy) is 2. The van der Waals surface area contributed by atoms with Crippen LogP contribution >= 0.6 is 0 Å².